The van der Waals surface area contributed by atoms with Crippen LogP contribution in [0.15, 0.2) is 0 Å². The van der Waals surface area contributed by atoms with Crippen LogP contribution in [0.3, 0.4) is 0 Å². The number of rotatable bonds is 9. The lowest BCUT2D eigenvalue weighted by Crippen LogP contribution is -2.30. The summed E-state index contributed by atoms with van der Waals surface area (Å²) < 4.78 is 0. The van der Waals surface area contributed by atoms with Gasteiger partial charge >= 0.3 is 0 Å². The first-order chi connectivity index (χ1) is 9.52. The van der Waals surface area contributed by atoms with E-state index in [4.69, 9.17) is 5.73 Å². The third kappa shape index (κ3) is 6.72. The summed E-state index contributed by atoms with van der Waals surface area (Å²) in [7, 11) is 2.09. The molecule has 0 spiro atoms. The highest BCUT2D eigenvalue weighted by Gasteiger charge is 2.29. The van der Waals surface area contributed by atoms with Crippen molar-refractivity contribution in [2.75, 3.05) is 45.5 Å². The number of hydrogen-bond acceptors (Lipinski definition) is 5. The molecule has 1 heterocycles. The first kappa shape index (κ1) is 17.5. The van der Waals surface area contributed by atoms with Crippen molar-refractivity contribution >= 4 is 22.8 Å². The Morgan fingerprint density at radius 2 is 2.15 bits per heavy atom. The van der Waals surface area contributed by atoms with Crippen LogP contribution in [0.4, 0.5) is 0 Å². The molecule has 1 amide bonds. The van der Waals surface area contributed by atoms with Crippen LogP contribution in [0.1, 0.15) is 26.2 Å². The molecule has 1 unspecified atom stereocenters. The average Bonchev–Trinajstić information content (AvgIpc) is 2.75. The van der Waals surface area contributed by atoms with Gasteiger partial charge in [0.2, 0.25) is 5.91 Å². The van der Waals surface area contributed by atoms with Crippen molar-refractivity contribution in [2.45, 2.75) is 26.2 Å². The maximum absolute atomic E-state index is 11.9. The highest BCUT2D eigenvalue weighted by Crippen LogP contribution is 2.22. The second kappa shape index (κ2) is 9.37. The standard InChI is InChI=1S/C14H27N3O2S/c1-12(18)20-11-13-9-14(19)17(10-13)8-4-7-16(2)6-3-5-15/h13H,3-11,15H2,1-2H3. The highest BCUT2D eigenvalue weighted by atomic mass is 32.2. The maximum Gasteiger partial charge on any atom is 0.222 e. The lowest BCUT2D eigenvalue weighted by Gasteiger charge is -2.20. The minimum absolute atomic E-state index is 0.137. The first-order valence-electron chi connectivity index (χ1n) is 7.32. The Balaban J connectivity index is 2.17. The van der Waals surface area contributed by atoms with Crippen LogP contribution in [0, 0.1) is 5.92 Å². The zero-order chi connectivity index (χ0) is 15.0. The summed E-state index contributed by atoms with van der Waals surface area (Å²) in [5.41, 5.74) is 5.48. The van der Waals surface area contributed by atoms with Crippen molar-refractivity contribution < 1.29 is 9.59 Å². The molecular weight excluding hydrogens is 274 g/mol. The van der Waals surface area contributed by atoms with Gasteiger partial charge in [0, 0.05) is 32.2 Å². The predicted molar refractivity (Wildman–Crippen MR) is 83.6 cm³/mol. The smallest absolute Gasteiger partial charge is 0.222 e. The molecule has 5 nitrogen and oxygen atoms in total. The molecule has 0 aromatic rings. The van der Waals surface area contributed by atoms with E-state index < -0.39 is 0 Å². The van der Waals surface area contributed by atoms with E-state index in [-0.39, 0.29) is 11.0 Å². The van der Waals surface area contributed by atoms with Crippen molar-refractivity contribution in [3.8, 4) is 0 Å². The Bertz CT molecular complexity index is 326. The fourth-order valence-electron chi connectivity index (χ4n) is 2.42. The van der Waals surface area contributed by atoms with E-state index >= 15 is 0 Å². The minimum Gasteiger partial charge on any atom is -0.342 e. The van der Waals surface area contributed by atoms with Gasteiger partial charge in [-0.15, -0.1) is 0 Å². The van der Waals surface area contributed by atoms with E-state index in [1.807, 2.05) is 4.90 Å². The van der Waals surface area contributed by atoms with Crippen LogP contribution >= 0.6 is 11.8 Å². The summed E-state index contributed by atoms with van der Waals surface area (Å²) in [5, 5.41) is 0.137. The molecule has 0 radical (unpaired) electrons. The Kier molecular flexibility index (Phi) is 8.18. The van der Waals surface area contributed by atoms with Gasteiger partial charge in [-0.1, -0.05) is 11.8 Å². The maximum atomic E-state index is 11.9. The number of amides is 1. The second-order valence-corrected chi connectivity index (χ2v) is 6.71. The molecule has 1 fully saturated rings. The van der Waals surface area contributed by atoms with Crippen molar-refractivity contribution in [3.63, 3.8) is 0 Å². The van der Waals surface area contributed by atoms with E-state index in [1.54, 1.807) is 6.92 Å². The summed E-state index contributed by atoms with van der Waals surface area (Å²) in [5.74, 6) is 1.35. The molecule has 1 rings (SSSR count). The predicted octanol–water partition coefficient (Wildman–Crippen LogP) is 0.785. The van der Waals surface area contributed by atoms with E-state index in [9.17, 15) is 9.59 Å². The van der Waals surface area contributed by atoms with Gasteiger partial charge in [0.15, 0.2) is 5.12 Å². The van der Waals surface area contributed by atoms with E-state index in [0.29, 0.717) is 12.3 Å². The van der Waals surface area contributed by atoms with Gasteiger partial charge in [-0.3, -0.25) is 9.59 Å². The van der Waals surface area contributed by atoms with Crippen molar-refractivity contribution in [1.29, 1.82) is 0 Å². The molecule has 0 saturated carbocycles. The van der Waals surface area contributed by atoms with E-state index in [0.717, 1.165) is 51.3 Å². The molecule has 1 saturated heterocycles. The van der Waals surface area contributed by atoms with Crippen molar-refractivity contribution in [2.24, 2.45) is 11.7 Å². The van der Waals surface area contributed by atoms with E-state index in [1.165, 1.54) is 11.8 Å². The average molecular weight is 301 g/mol. The molecule has 0 aromatic heterocycles. The lowest BCUT2D eigenvalue weighted by atomic mass is 10.1. The summed E-state index contributed by atoms with van der Waals surface area (Å²) in [6, 6.07) is 0. The van der Waals surface area contributed by atoms with Crippen LogP contribution < -0.4 is 5.73 Å². The second-order valence-electron chi connectivity index (χ2n) is 5.51. The van der Waals surface area contributed by atoms with Gasteiger partial charge in [0.05, 0.1) is 0 Å². The minimum atomic E-state index is 0.137. The third-order valence-corrected chi connectivity index (χ3v) is 4.57. The summed E-state index contributed by atoms with van der Waals surface area (Å²) in [6.07, 6.45) is 2.62. The molecule has 1 aliphatic heterocycles. The topological polar surface area (TPSA) is 66.6 Å². The fraction of sp³-hybridized carbons (Fsp3) is 0.857. The molecule has 0 bridgehead atoms. The zero-order valence-corrected chi connectivity index (χ0v) is 13.5. The molecule has 1 aliphatic rings. The van der Waals surface area contributed by atoms with E-state index in [2.05, 4.69) is 11.9 Å². The summed E-state index contributed by atoms with van der Waals surface area (Å²) in [4.78, 5) is 27.0. The van der Waals surface area contributed by atoms with Crippen LogP contribution in [0.25, 0.3) is 0 Å². The van der Waals surface area contributed by atoms with Gasteiger partial charge in [-0.05, 0) is 45.4 Å². The van der Waals surface area contributed by atoms with Gasteiger partial charge in [-0.25, -0.2) is 0 Å². The highest BCUT2D eigenvalue weighted by molar-refractivity contribution is 8.13. The SMILES string of the molecule is CC(=O)SCC1CC(=O)N(CCCN(C)CCCN)C1. The largest absolute Gasteiger partial charge is 0.342 e. The Morgan fingerprint density at radius 1 is 1.45 bits per heavy atom. The molecule has 1 atom stereocenters. The molecule has 2 N–H and O–H groups in total. The van der Waals surface area contributed by atoms with Gasteiger partial charge < -0.3 is 15.5 Å². The number of carbonyl (C=O) groups excluding carboxylic acids is 2. The quantitative estimate of drug-likeness (QED) is 0.682. The van der Waals surface area contributed by atoms with Crippen LogP contribution in [0.5, 0.6) is 0 Å². The Hall–Kier alpha value is -0.590. The Labute approximate surface area is 126 Å². The van der Waals surface area contributed by atoms with Crippen LogP contribution in [-0.2, 0) is 9.59 Å². The van der Waals surface area contributed by atoms with Gasteiger partial charge in [0.1, 0.15) is 0 Å². The van der Waals surface area contributed by atoms with Crippen LogP contribution in [-0.4, -0.2) is 66.3 Å². The van der Waals surface area contributed by atoms with Crippen molar-refractivity contribution in [1.82, 2.24) is 9.80 Å². The number of likely N-dealkylation sites (tertiary alicyclic amines) is 1. The number of nitrogens with two attached hydrogens (primary N) is 1. The molecule has 116 valence electrons. The number of hydrogen-bond donors (Lipinski definition) is 1. The lowest BCUT2D eigenvalue weighted by molar-refractivity contribution is -0.127. The summed E-state index contributed by atoms with van der Waals surface area (Å²) in [6.45, 7) is 5.96. The normalized spacial score (nSPS) is 19.1. The molecule has 0 aromatic carbocycles. The molecule has 20 heavy (non-hydrogen) atoms. The molecular formula is C14H27N3O2S. The monoisotopic (exact) mass is 301 g/mol. The molecule has 0 aliphatic carbocycles. The van der Waals surface area contributed by atoms with Crippen LogP contribution in [0.2, 0.25) is 0 Å². The Morgan fingerprint density at radius 3 is 2.80 bits per heavy atom. The molecule has 6 heteroatoms. The number of carbonyl (C=O) groups is 2. The van der Waals surface area contributed by atoms with Gasteiger partial charge in [0.25, 0.3) is 0 Å². The zero-order valence-electron chi connectivity index (χ0n) is 12.6. The van der Waals surface area contributed by atoms with Gasteiger partial charge in [-0.2, -0.15) is 0 Å². The fourth-order valence-corrected chi connectivity index (χ4v) is 3.12. The summed E-state index contributed by atoms with van der Waals surface area (Å²) >= 11 is 1.33. The number of thioether (sulfide) groups is 1. The third-order valence-electron chi connectivity index (χ3n) is 3.53. The first-order valence-corrected chi connectivity index (χ1v) is 8.31. The number of nitrogens with zero attached hydrogens (tertiary/aromatic N) is 2. The van der Waals surface area contributed by atoms with Crippen molar-refractivity contribution in [3.05, 3.63) is 0 Å².